The molecule has 9 nitrogen and oxygen atoms in total. The van der Waals surface area contributed by atoms with Gasteiger partial charge in [0.2, 0.25) is 15.9 Å². The molecule has 0 aliphatic heterocycles. The monoisotopic (exact) mass is 479 g/mol. The van der Waals surface area contributed by atoms with Gasteiger partial charge < -0.3 is 9.15 Å². The fourth-order valence-electron chi connectivity index (χ4n) is 2.96. The molecule has 0 radical (unpaired) electrons. The molecular weight excluding hydrogens is 463 g/mol. The fraction of sp³-hybridized carbons (Fsp3) is 0.150. The van der Waals surface area contributed by atoms with E-state index in [-0.39, 0.29) is 29.0 Å². The molecule has 2 aromatic carbocycles. The summed E-state index contributed by atoms with van der Waals surface area (Å²) in [4.78, 5) is -0.105. The molecule has 4 aromatic rings. The number of alkyl halides is 3. The van der Waals surface area contributed by atoms with Crippen LogP contribution in [0.25, 0.3) is 22.9 Å². The molecule has 0 atom stereocenters. The maximum Gasteiger partial charge on any atom is 0.416 e. The molecule has 0 bridgehead atoms. The average Bonchev–Trinajstić information content (AvgIpc) is 3.38. The van der Waals surface area contributed by atoms with Crippen LogP contribution in [0.15, 0.2) is 64.0 Å². The van der Waals surface area contributed by atoms with Gasteiger partial charge in [0, 0.05) is 12.6 Å². The second kappa shape index (κ2) is 8.33. The Balaban J connectivity index is 1.56. The van der Waals surface area contributed by atoms with Crippen LogP contribution < -0.4 is 9.88 Å². The number of sulfonamides is 1. The summed E-state index contributed by atoms with van der Waals surface area (Å²) in [5.74, 6) is 0.403. The van der Waals surface area contributed by atoms with E-state index in [2.05, 4.69) is 15.3 Å². The minimum Gasteiger partial charge on any atom is -0.487 e. The SMILES string of the molecule is Cn1ncc(-c2nnc(-c3cccc(S(N)(=O)=O)c3)o2)c1COc1ccc(C(F)(F)F)cc1. The highest BCUT2D eigenvalue weighted by Crippen LogP contribution is 2.31. The summed E-state index contributed by atoms with van der Waals surface area (Å²) in [7, 11) is -2.25. The van der Waals surface area contributed by atoms with Gasteiger partial charge in [-0.05, 0) is 42.5 Å². The van der Waals surface area contributed by atoms with Gasteiger partial charge in [-0.1, -0.05) is 6.07 Å². The van der Waals surface area contributed by atoms with Gasteiger partial charge in [-0.2, -0.15) is 18.3 Å². The molecule has 2 aromatic heterocycles. The first-order valence-electron chi connectivity index (χ1n) is 9.30. The molecule has 172 valence electrons. The molecule has 0 saturated heterocycles. The van der Waals surface area contributed by atoms with Crippen molar-refractivity contribution in [2.24, 2.45) is 12.2 Å². The first kappa shape index (κ1) is 22.5. The minimum absolute atomic E-state index is 0.0319. The van der Waals surface area contributed by atoms with Crippen molar-refractivity contribution in [2.75, 3.05) is 0 Å². The lowest BCUT2D eigenvalue weighted by atomic mass is 10.2. The van der Waals surface area contributed by atoms with E-state index in [0.717, 1.165) is 12.1 Å². The van der Waals surface area contributed by atoms with Crippen LogP contribution in [0.1, 0.15) is 11.3 Å². The number of hydrogen-bond acceptors (Lipinski definition) is 7. The Kier molecular flexibility index (Phi) is 5.68. The zero-order chi connectivity index (χ0) is 23.8. The summed E-state index contributed by atoms with van der Waals surface area (Å²) in [6.45, 7) is -0.0319. The Morgan fingerprint density at radius 2 is 1.79 bits per heavy atom. The number of ether oxygens (including phenoxy) is 1. The molecule has 2 heterocycles. The molecule has 0 saturated carbocycles. The van der Waals surface area contributed by atoms with Crippen molar-refractivity contribution in [3.63, 3.8) is 0 Å². The van der Waals surface area contributed by atoms with E-state index in [4.69, 9.17) is 14.3 Å². The molecule has 0 fully saturated rings. The molecule has 0 amide bonds. The quantitative estimate of drug-likeness (QED) is 0.449. The molecule has 0 aliphatic carbocycles. The number of rotatable bonds is 6. The third-order valence-corrected chi connectivity index (χ3v) is 5.59. The summed E-state index contributed by atoms with van der Waals surface area (Å²) < 4.78 is 74.1. The van der Waals surface area contributed by atoms with E-state index < -0.39 is 21.8 Å². The lowest BCUT2D eigenvalue weighted by molar-refractivity contribution is -0.137. The predicted octanol–water partition coefficient (Wildman–Crippen LogP) is 3.38. The topological polar surface area (TPSA) is 126 Å². The van der Waals surface area contributed by atoms with Crippen molar-refractivity contribution in [1.82, 2.24) is 20.0 Å². The number of nitrogens with zero attached hydrogens (tertiary/aromatic N) is 4. The summed E-state index contributed by atoms with van der Waals surface area (Å²) in [5, 5.41) is 17.2. The number of halogens is 3. The number of primary sulfonamides is 1. The number of aromatic nitrogens is 4. The Hall–Kier alpha value is -3.71. The number of nitrogens with two attached hydrogens (primary N) is 1. The number of aryl methyl sites for hydroxylation is 1. The zero-order valence-electron chi connectivity index (χ0n) is 16.9. The summed E-state index contributed by atoms with van der Waals surface area (Å²) in [5.41, 5.74) is 0.557. The van der Waals surface area contributed by atoms with Crippen LogP contribution in [-0.2, 0) is 29.9 Å². The molecule has 0 aliphatic rings. The maximum atomic E-state index is 12.7. The standard InChI is InChI=1S/C20H16F3N5O4S/c1-28-17(11-31-14-7-5-13(6-8-14)20(21,22)23)16(10-25-28)19-27-26-18(32-19)12-3-2-4-15(9-12)33(24,29)30/h2-10H,11H2,1H3,(H2,24,29,30). The maximum absolute atomic E-state index is 12.7. The molecular formula is C20H16F3N5O4S. The highest BCUT2D eigenvalue weighted by Gasteiger charge is 2.30. The first-order chi connectivity index (χ1) is 15.5. The van der Waals surface area contributed by atoms with E-state index in [0.29, 0.717) is 16.8 Å². The summed E-state index contributed by atoms with van der Waals surface area (Å²) >= 11 is 0. The molecule has 2 N–H and O–H groups in total. The smallest absolute Gasteiger partial charge is 0.416 e. The lowest BCUT2D eigenvalue weighted by Gasteiger charge is -2.10. The van der Waals surface area contributed by atoms with Gasteiger partial charge in [0.25, 0.3) is 5.89 Å². The van der Waals surface area contributed by atoms with E-state index >= 15 is 0 Å². The van der Waals surface area contributed by atoms with Gasteiger partial charge in [-0.15, -0.1) is 10.2 Å². The fourth-order valence-corrected chi connectivity index (χ4v) is 3.52. The first-order valence-corrected chi connectivity index (χ1v) is 10.8. The number of hydrogen-bond donors (Lipinski definition) is 1. The van der Waals surface area contributed by atoms with Gasteiger partial charge >= 0.3 is 6.18 Å². The van der Waals surface area contributed by atoms with E-state index in [1.54, 1.807) is 13.1 Å². The Morgan fingerprint density at radius 3 is 2.45 bits per heavy atom. The van der Waals surface area contributed by atoms with Crippen molar-refractivity contribution in [3.05, 3.63) is 66.0 Å². The van der Waals surface area contributed by atoms with Gasteiger partial charge in [0.15, 0.2) is 0 Å². The van der Waals surface area contributed by atoms with Crippen molar-refractivity contribution in [1.29, 1.82) is 0 Å². The van der Waals surface area contributed by atoms with Crippen LogP contribution in [0.5, 0.6) is 5.75 Å². The van der Waals surface area contributed by atoms with Crippen LogP contribution in [0, 0.1) is 0 Å². The third-order valence-electron chi connectivity index (χ3n) is 4.68. The van der Waals surface area contributed by atoms with E-state index in [1.807, 2.05) is 0 Å². The van der Waals surface area contributed by atoms with Crippen molar-refractivity contribution in [2.45, 2.75) is 17.7 Å². The van der Waals surface area contributed by atoms with E-state index in [1.165, 1.54) is 41.2 Å². The van der Waals surface area contributed by atoms with Crippen molar-refractivity contribution in [3.8, 4) is 28.7 Å². The normalized spacial score (nSPS) is 12.2. The largest absolute Gasteiger partial charge is 0.487 e. The predicted molar refractivity (Wildman–Crippen MR) is 109 cm³/mol. The van der Waals surface area contributed by atoms with Gasteiger partial charge in [0.1, 0.15) is 12.4 Å². The van der Waals surface area contributed by atoms with Crippen LogP contribution in [0.4, 0.5) is 13.2 Å². The molecule has 0 unspecified atom stereocenters. The highest BCUT2D eigenvalue weighted by atomic mass is 32.2. The van der Waals surface area contributed by atoms with Gasteiger partial charge in [-0.25, -0.2) is 13.6 Å². The average molecular weight is 479 g/mol. The number of benzene rings is 2. The molecule has 0 spiro atoms. The van der Waals surface area contributed by atoms with Crippen LogP contribution in [-0.4, -0.2) is 28.4 Å². The molecule has 33 heavy (non-hydrogen) atoms. The van der Waals surface area contributed by atoms with Gasteiger partial charge in [-0.3, -0.25) is 4.68 Å². The van der Waals surface area contributed by atoms with Crippen molar-refractivity contribution >= 4 is 10.0 Å². The lowest BCUT2D eigenvalue weighted by Crippen LogP contribution is -2.11. The van der Waals surface area contributed by atoms with Gasteiger partial charge in [0.05, 0.1) is 27.9 Å². The Morgan fingerprint density at radius 1 is 1.09 bits per heavy atom. The third kappa shape index (κ3) is 4.88. The molecule has 13 heteroatoms. The minimum atomic E-state index is -4.43. The van der Waals surface area contributed by atoms with Crippen molar-refractivity contribution < 1.29 is 30.7 Å². The highest BCUT2D eigenvalue weighted by molar-refractivity contribution is 7.89. The van der Waals surface area contributed by atoms with Crippen LogP contribution in [0.2, 0.25) is 0 Å². The Bertz CT molecular complexity index is 1400. The van der Waals surface area contributed by atoms with Crippen LogP contribution >= 0.6 is 0 Å². The second-order valence-electron chi connectivity index (χ2n) is 6.92. The Labute approximate surface area is 185 Å². The van der Waals surface area contributed by atoms with Crippen LogP contribution in [0.3, 0.4) is 0 Å². The molecule has 4 rings (SSSR count). The summed E-state index contributed by atoms with van der Waals surface area (Å²) in [6.07, 6.45) is -2.96. The summed E-state index contributed by atoms with van der Waals surface area (Å²) in [6, 6.07) is 10.0. The van der Waals surface area contributed by atoms with E-state index in [9.17, 15) is 21.6 Å². The second-order valence-corrected chi connectivity index (χ2v) is 8.49. The zero-order valence-corrected chi connectivity index (χ0v) is 17.8.